The molecule has 19 heavy (non-hydrogen) atoms. The van der Waals surface area contributed by atoms with Crippen LogP contribution in [0.15, 0.2) is 36.7 Å². The number of benzene rings is 1. The number of nitrogen functional groups attached to an aromatic ring is 1. The number of aromatic nitrogens is 2. The van der Waals surface area contributed by atoms with Crippen molar-refractivity contribution < 1.29 is 9.53 Å². The summed E-state index contributed by atoms with van der Waals surface area (Å²) in [5, 5.41) is 2.75. The normalized spacial score (nSPS) is 10.1. The monoisotopic (exact) mass is 260 g/mol. The average Bonchev–Trinajstić information content (AvgIpc) is 2.89. The van der Waals surface area contributed by atoms with Gasteiger partial charge in [0, 0.05) is 24.1 Å². The van der Waals surface area contributed by atoms with Crippen LogP contribution in [0.25, 0.3) is 0 Å². The standard InChI is InChI=1S/C13H16N4O2/c14-10-2-1-3-11(8-10)19-7-4-13(18)17-9-12-15-5-6-16-12/h1-3,5-6,8H,4,7,9,14H2,(H,15,16)(H,17,18). The summed E-state index contributed by atoms with van der Waals surface area (Å²) in [5.41, 5.74) is 6.26. The number of imidazole rings is 1. The first-order valence-electron chi connectivity index (χ1n) is 5.97. The van der Waals surface area contributed by atoms with Crippen molar-refractivity contribution >= 4 is 11.6 Å². The number of rotatable bonds is 6. The van der Waals surface area contributed by atoms with Crippen LogP contribution in [0, 0.1) is 0 Å². The Balaban J connectivity index is 1.66. The van der Waals surface area contributed by atoms with Crippen molar-refractivity contribution in [2.75, 3.05) is 12.3 Å². The Hall–Kier alpha value is -2.50. The molecule has 0 atom stereocenters. The molecule has 0 saturated carbocycles. The second-order valence-corrected chi connectivity index (χ2v) is 3.98. The molecular weight excluding hydrogens is 244 g/mol. The zero-order chi connectivity index (χ0) is 13.5. The lowest BCUT2D eigenvalue weighted by atomic mass is 10.3. The highest BCUT2D eigenvalue weighted by molar-refractivity contribution is 5.75. The highest BCUT2D eigenvalue weighted by Crippen LogP contribution is 2.14. The highest BCUT2D eigenvalue weighted by atomic mass is 16.5. The number of carbonyl (C=O) groups is 1. The molecule has 1 amide bonds. The molecule has 0 bridgehead atoms. The lowest BCUT2D eigenvalue weighted by Gasteiger charge is -2.07. The highest BCUT2D eigenvalue weighted by Gasteiger charge is 2.03. The van der Waals surface area contributed by atoms with E-state index in [1.54, 1.807) is 30.6 Å². The molecular formula is C13H16N4O2. The van der Waals surface area contributed by atoms with Gasteiger partial charge in [-0.2, -0.15) is 0 Å². The van der Waals surface area contributed by atoms with Crippen LogP contribution in [0.5, 0.6) is 5.75 Å². The number of nitrogens with zero attached hydrogens (tertiary/aromatic N) is 1. The van der Waals surface area contributed by atoms with Crippen molar-refractivity contribution in [2.24, 2.45) is 0 Å². The van der Waals surface area contributed by atoms with Crippen LogP contribution in [-0.2, 0) is 11.3 Å². The minimum atomic E-state index is -0.0831. The van der Waals surface area contributed by atoms with Crippen molar-refractivity contribution in [3.05, 3.63) is 42.5 Å². The van der Waals surface area contributed by atoms with Crippen LogP contribution < -0.4 is 15.8 Å². The van der Waals surface area contributed by atoms with E-state index in [2.05, 4.69) is 15.3 Å². The molecule has 2 rings (SSSR count). The number of amides is 1. The van der Waals surface area contributed by atoms with Gasteiger partial charge < -0.3 is 20.8 Å². The zero-order valence-electron chi connectivity index (χ0n) is 10.4. The average molecular weight is 260 g/mol. The third kappa shape index (κ3) is 4.34. The lowest BCUT2D eigenvalue weighted by molar-refractivity contribution is -0.121. The largest absolute Gasteiger partial charge is 0.493 e. The summed E-state index contributed by atoms with van der Waals surface area (Å²) in [4.78, 5) is 18.5. The first kappa shape index (κ1) is 12.9. The van der Waals surface area contributed by atoms with E-state index in [1.165, 1.54) is 0 Å². The fraction of sp³-hybridized carbons (Fsp3) is 0.231. The molecule has 1 heterocycles. The summed E-state index contributed by atoms with van der Waals surface area (Å²) >= 11 is 0. The van der Waals surface area contributed by atoms with E-state index in [-0.39, 0.29) is 12.3 Å². The van der Waals surface area contributed by atoms with Crippen LogP contribution in [0.3, 0.4) is 0 Å². The molecule has 6 nitrogen and oxygen atoms in total. The van der Waals surface area contributed by atoms with E-state index < -0.39 is 0 Å². The number of ether oxygens (including phenoxy) is 1. The summed E-state index contributed by atoms with van der Waals surface area (Å²) < 4.78 is 5.43. The summed E-state index contributed by atoms with van der Waals surface area (Å²) in [6.07, 6.45) is 3.64. The Morgan fingerprint density at radius 3 is 3.11 bits per heavy atom. The van der Waals surface area contributed by atoms with Gasteiger partial charge in [0.05, 0.1) is 19.6 Å². The number of nitrogens with one attached hydrogen (secondary N) is 2. The third-order valence-electron chi connectivity index (χ3n) is 2.46. The van der Waals surface area contributed by atoms with Crippen LogP contribution >= 0.6 is 0 Å². The Morgan fingerprint density at radius 2 is 2.37 bits per heavy atom. The molecule has 0 radical (unpaired) electrons. The Labute approximate surface area is 111 Å². The number of hydrogen-bond acceptors (Lipinski definition) is 4. The fourth-order valence-corrected chi connectivity index (χ4v) is 1.53. The number of hydrogen-bond donors (Lipinski definition) is 3. The van der Waals surface area contributed by atoms with Crippen molar-refractivity contribution in [2.45, 2.75) is 13.0 Å². The Bertz CT molecular complexity index is 525. The van der Waals surface area contributed by atoms with Gasteiger partial charge in [-0.3, -0.25) is 4.79 Å². The van der Waals surface area contributed by atoms with Gasteiger partial charge in [-0.05, 0) is 12.1 Å². The third-order valence-corrected chi connectivity index (χ3v) is 2.46. The van der Waals surface area contributed by atoms with Gasteiger partial charge >= 0.3 is 0 Å². The summed E-state index contributed by atoms with van der Waals surface area (Å²) in [7, 11) is 0. The summed E-state index contributed by atoms with van der Waals surface area (Å²) in [5.74, 6) is 1.31. The van der Waals surface area contributed by atoms with E-state index in [0.29, 0.717) is 24.6 Å². The number of carbonyl (C=O) groups excluding carboxylic acids is 1. The number of anilines is 1. The van der Waals surface area contributed by atoms with Gasteiger partial charge in [-0.1, -0.05) is 6.07 Å². The lowest BCUT2D eigenvalue weighted by Crippen LogP contribution is -2.24. The molecule has 0 unspecified atom stereocenters. The number of nitrogens with two attached hydrogens (primary N) is 1. The van der Waals surface area contributed by atoms with Crippen LogP contribution in [-0.4, -0.2) is 22.5 Å². The van der Waals surface area contributed by atoms with Gasteiger partial charge in [-0.15, -0.1) is 0 Å². The van der Waals surface area contributed by atoms with Crippen molar-refractivity contribution in [1.82, 2.24) is 15.3 Å². The van der Waals surface area contributed by atoms with Gasteiger partial charge in [0.15, 0.2) is 0 Å². The smallest absolute Gasteiger partial charge is 0.223 e. The van der Waals surface area contributed by atoms with Gasteiger partial charge in [0.2, 0.25) is 5.91 Å². The van der Waals surface area contributed by atoms with Gasteiger partial charge in [0.1, 0.15) is 11.6 Å². The minimum Gasteiger partial charge on any atom is -0.493 e. The maximum Gasteiger partial charge on any atom is 0.223 e. The molecule has 2 aromatic rings. The molecule has 0 aliphatic carbocycles. The van der Waals surface area contributed by atoms with Crippen molar-refractivity contribution in [3.8, 4) is 5.75 Å². The maximum absolute atomic E-state index is 11.5. The Kier molecular flexibility index (Phi) is 4.39. The van der Waals surface area contributed by atoms with Crippen LogP contribution in [0.2, 0.25) is 0 Å². The summed E-state index contributed by atoms with van der Waals surface area (Å²) in [6, 6.07) is 7.11. The molecule has 0 spiro atoms. The first-order valence-corrected chi connectivity index (χ1v) is 5.97. The molecule has 1 aromatic heterocycles. The van der Waals surface area contributed by atoms with E-state index >= 15 is 0 Å². The van der Waals surface area contributed by atoms with Crippen LogP contribution in [0.1, 0.15) is 12.2 Å². The Morgan fingerprint density at radius 1 is 1.47 bits per heavy atom. The maximum atomic E-state index is 11.5. The van der Waals surface area contributed by atoms with Crippen LogP contribution in [0.4, 0.5) is 5.69 Å². The minimum absolute atomic E-state index is 0.0831. The van der Waals surface area contributed by atoms with E-state index in [9.17, 15) is 4.79 Å². The van der Waals surface area contributed by atoms with Gasteiger partial charge in [0.25, 0.3) is 0 Å². The number of H-pyrrole nitrogens is 1. The molecule has 4 N–H and O–H groups in total. The second kappa shape index (κ2) is 6.44. The van der Waals surface area contributed by atoms with Gasteiger partial charge in [-0.25, -0.2) is 4.98 Å². The molecule has 0 aliphatic heterocycles. The predicted molar refractivity (Wildman–Crippen MR) is 71.4 cm³/mol. The predicted octanol–water partition coefficient (Wildman–Crippen LogP) is 1.08. The summed E-state index contributed by atoms with van der Waals surface area (Å²) in [6.45, 7) is 0.706. The molecule has 1 aromatic carbocycles. The zero-order valence-corrected chi connectivity index (χ0v) is 10.4. The molecule has 0 aliphatic rings. The molecule has 0 fully saturated rings. The van der Waals surface area contributed by atoms with E-state index in [4.69, 9.17) is 10.5 Å². The quantitative estimate of drug-likeness (QED) is 0.677. The molecule has 6 heteroatoms. The first-order chi connectivity index (χ1) is 9.24. The van der Waals surface area contributed by atoms with E-state index in [1.807, 2.05) is 6.07 Å². The topological polar surface area (TPSA) is 93.0 Å². The molecule has 100 valence electrons. The van der Waals surface area contributed by atoms with Crippen molar-refractivity contribution in [1.29, 1.82) is 0 Å². The SMILES string of the molecule is Nc1cccc(OCCC(=O)NCc2ncc[nH]2)c1. The second-order valence-electron chi connectivity index (χ2n) is 3.98. The van der Waals surface area contributed by atoms with Crippen molar-refractivity contribution in [3.63, 3.8) is 0 Å². The fourth-order valence-electron chi connectivity index (χ4n) is 1.53. The van der Waals surface area contributed by atoms with E-state index in [0.717, 1.165) is 5.82 Å². The molecule has 0 saturated heterocycles. The number of aromatic amines is 1.